The van der Waals surface area contributed by atoms with Gasteiger partial charge in [0, 0.05) is 16.6 Å². The Hall–Kier alpha value is -2.81. The van der Waals surface area contributed by atoms with E-state index < -0.39 is 9.85 Å². The van der Waals surface area contributed by atoms with E-state index in [4.69, 9.17) is 10.5 Å². The van der Waals surface area contributed by atoms with Crippen molar-refractivity contribution < 1.29 is 14.6 Å². The number of benzene rings is 2. The molecule has 0 atom stereocenters. The van der Waals surface area contributed by atoms with Gasteiger partial charge in [0.25, 0.3) is 11.4 Å². The number of methoxy groups -OCH3 is 1. The highest BCUT2D eigenvalue weighted by Crippen LogP contribution is 2.40. The average molecular weight is 321 g/mol. The molecule has 0 amide bonds. The molecule has 9 heteroatoms. The fourth-order valence-corrected chi connectivity index (χ4v) is 2.67. The number of hydrogen-bond donors (Lipinski definition) is 1. The number of rotatable bonds is 5. The van der Waals surface area contributed by atoms with Crippen molar-refractivity contribution in [2.75, 3.05) is 12.8 Å². The van der Waals surface area contributed by atoms with E-state index in [1.54, 1.807) is 18.2 Å². The number of nitrogens with zero attached hydrogens (tertiary/aromatic N) is 2. The van der Waals surface area contributed by atoms with E-state index in [2.05, 4.69) is 0 Å². The zero-order valence-electron chi connectivity index (χ0n) is 11.4. The summed E-state index contributed by atoms with van der Waals surface area (Å²) >= 11 is 1.05. The Balaban J connectivity index is 2.45. The predicted molar refractivity (Wildman–Crippen MR) is 81.3 cm³/mol. The third kappa shape index (κ3) is 3.26. The fourth-order valence-electron chi connectivity index (χ4n) is 1.70. The van der Waals surface area contributed by atoms with E-state index in [1.807, 2.05) is 0 Å². The predicted octanol–water partition coefficient (Wildman–Crippen LogP) is 3.25. The SMILES string of the molecule is COc1ccc(N)c(Sc2ccc([N+](=O)[O-])cc2[N+](=O)[O-])c1. The van der Waals surface area contributed by atoms with Crippen LogP contribution in [-0.4, -0.2) is 17.0 Å². The van der Waals surface area contributed by atoms with Gasteiger partial charge in [-0.05, 0) is 24.3 Å². The molecule has 0 heterocycles. The van der Waals surface area contributed by atoms with Crippen molar-refractivity contribution in [3.05, 3.63) is 56.6 Å². The molecule has 2 N–H and O–H groups in total. The maximum absolute atomic E-state index is 11.1. The molecular weight excluding hydrogens is 310 g/mol. The average Bonchev–Trinajstić information content (AvgIpc) is 2.49. The summed E-state index contributed by atoms with van der Waals surface area (Å²) in [7, 11) is 1.49. The maximum atomic E-state index is 11.1. The fraction of sp³-hybridized carbons (Fsp3) is 0.0769. The van der Waals surface area contributed by atoms with E-state index in [9.17, 15) is 20.2 Å². The number of nitrogens with two attached hydrogens (primary N) is 1. The van der Waals surface area contributed by atoms with Gasteiger partial charge in [0.05, 0.1) is 27.9 Å². The molecule has 0 saturated carbocycles. The van der Waals surface area contributed by atoms with Gasteiger partial charge in [0.15, 0.2) is 0 Å². The standard InChI is InChI=1S/C13H11N3O5S/c1-21-9-3-4-10(14)13(7-9)22-12-5-2-8(15(17)18)6-11(12)16(19)20/h2-7H,14H2,1H3. The van der Waals surface area contributed by atoms with E-state index in [-0.39, 0.29) is 16.3 Å². The molecule has 0 aromatic heterocycles. The van der Waals surface area contributed by atoms with Gasteiger partial charge in [-0.15, -0.1) is 0 Å². The van der Waals surface area contributed by atoms with Crippen LogP contribution in [-0.2, 0) is 0 Å². The van der Waals surface area contributed by atoms with Crippen LogP contribution < -0.4 is 10.5 Å². The van der Waals surface area contributed by atoms with Gasteiger partial charge in [0.1, 0.15) is 5.75 Å². The number of anilines is 1. The quantitative estimate of drug-likeness (QED) is 0.509. The second kappa shape index (κ2) is 6.31. The van der Waals surface area contributed by atoms with Crippen LogP contribution in [0.3, 0.4) is 0 Å². The minimum Gasteiger partial charge on any atom is -0.497 e. The molecule has 0 aliphatic heterocycles. The topological polar surface area (TPSA) is 122 Å². The Kier molecular flexibility index (Phi) is 4.47. The first-order chi connectivity index (χ1) is 10.4. The number of non-ortho nitro benzene ring substituents is 1. The molecule has 2 aromatic carbocycles. The van der Waals surface area contributed by atoms with Crippen LogP contribution in [0, 0.1) is 20.2 Å². The lowest BCUT2D eigenvalue weighted by Gasteiger charge is -2.08. The smallest absolute Gasteiger partial charge is 0.290 e. The van der Waals surface area contributed by atoms with Crippen LogP contribution in [0.25, 0.3) is 0 Å². The largest absolute Gasteiger partial charge is 0.497 e. The lowest BCUT2D eigenvalue weighted by Crippen LogP contribution is -1.95. The van der Waals surface area contributed by atoms with E-state index >= 15 is 0 Å². The molecule has 0 bridgehead atoms. The second-order valence-electron chi connectivity index (χ2n) is 4.17. The Morgan fingerprint density at radius 3 is 2.36 bits per heavy atom. The van der Waals surface area contributed by atoms with Gasteiger partial charge in [-0.1, -0.05) is 11.8 Å². The number of ether oxygens (including phenoxy) is 1. The number of hydrogen-bond acceptors (Lipinski definition) is 7. The minimum atomic E-state index is -0.679. The van der Waals surface area contributed by atoms with Crippen LogP contribution >= 0.6 is 11.8 Å². The summed E-state index contributed by atoms with van der Waals surface area (Å²) in [5, 5.41) is 21.8. The van der Waals surface area contributed by atoms with Crippen LogP contribution in [0.2, 0.25) is 0 Å². The molecule has 0 aliphatic rings. The highest BCUT2D eigenvalue weighted by molar-refractivity contribution is 7.99. The Labute approximate surface area is 129 Å². The van der Waals surface area contributed by atoms with E-state index in [1.165, 1.54) is 19.2 Å². The van der Waals surface area contributed by atoms with Crippen molar-refractivity contribution in [2.24, 2.45) is 0 Å². The van der Waals surface area contributed by atoms with Gasteiger partial charge in [-0.2, -0.15) is 0 Å². The van der Waals surface area contributed by atoms with Gasteiger partial charge in [0.2, 0.25) is 0 Å². The first-order valence-corrected chi connectivity index (χ1v) is 6.78. The first kappa shape index (κ1) is 15.6. The molecule has 0 spiro atoms. The normalized spacial score (nSPS) is 10.2. The number of nitrogen functional groups attached to an aromatic ring is 1. The Morgan fingerprint density at radius 1 is 1.05 bits per heavy atom. The summed E-state index contributed by atoms with van der Waals surface area (Å²) in [6.07, 6.45) is 0. The van der Waals surface area contributed by atoms with Crippen LogP contribution in [0.5, 0.6) is 5.75 Å². The molecule has 2 aromatic rings. The molecule has 0 fully saturated rings. The van der Waals surface area contributed by atoms with Gasteiger partial charge >= 0.3 is 0 Å². The zero-order valence-corrected chi connectivity index (χ0v) is 12.2. The number of nitro benzene ring substituents is 2. The second-order valence-corrected chi connectivity index (χ2v) is 5.26. The first-order valence-electron chi connectivity index (χ1n) is 5.96. The summed E-state index contributed by atoms with van der Waals surface area (Å²) in [4.78, 5) is 21.3. The van der Waals surface area contributed by atoms with Gasteiger partial charge in [-0.25, -0.2) is 0 Å². The molecule has 114 valence electrons. The molecule has 0 unspecified atom stereocenters. The molecule has 22 heavy (non-hydrogen) atoms. The van der Waals surface area contributed by atoms with Crippen LogP contribution in [0.15, 0.2) is 46.2 Å². The van der Waals surface area contributed by atoms with Crippen molar-refractivity contribution in [1.82, 2.24) is 0 Å². The van der Waals surface area contributed by atoms with Crippen molar-refractivity contribution in [2.45, 2.75) is 9.79 Å². The van der Waals surface area contributed by atoms with Crippen LogP contribution in [0.4, 0.5) is 17.1 Å². The van der Waals surface area contributed by atoms with E-state index in [0.717, 1.165) is 17.8 Å². The summed E-state index contributed by atoms with van der Waals surface area (Å²) in [6.45, 7) is 0. The van der Waals surface area contributed by atoms with Crippen molar-refractivity contribution in [1.29, 1.82) is 0 Å². The molecule has 0 aliphatic carbocycles. The summed E-state index contributed by atoms with van der Waals surface area (Å²) in [5.41, 5.74) is 5.59. The highest BCUT2D eigenvalue weighted by atomic mass is 32.2. The molecule has 2 rings (SSSR count). The van der Waals surface area contributed by atoms with Crippen molar-refractivity contribution in [3.63, 3.8) is 0 Å². The molecule has 8 nitrogen and oxygen atoms in total. The highest BCUT2D eigenvalue weighted by Gasteiger charge is 2.20. The summed E-state index contributed by atoms with van der Waals surface area (Å²) in [5.74, 6) is 0.557. The van der Waals surface area contributed by atoms with Gasteiger partial charge < -0.3 is 10.5 Å². The lowest BCUT2D eigenvalue weighted by atomic mass is 10.3. The molecule has 0 radical (unpaired) electrons. The van der Waals surface area contributed by atoms with Crippen molar-refractivity contribution in [3.8, 4) is 5.75 Å². The van der Waals surface area contributed by atoms with Gasteiger partial charge in [-0.3, -0.25) is 20.2 Å². The Morgan fingerprint density at radius 2 is 1.77 bits per heavy atom. The third-order valence-corrected chi connectivity index (χ3v) is 3.93. The van der Waals surface area contributed by atoms with Crippen molar-refractivity contribution >= 4 is 28.8 Å². The molecule has 0 saturated heterocycles. The summed E-state index contributed by atoms with van der Waals surface area (Å²) < 4.78 is 5.08. The minimum absolute atomic E-state index is 0.260. The zero-order chi connectivity index (χ0) is 16.3. The molecular formula is C13H11N3O5S. The number of nitro groups is 2. The lowest BCUT2D eigenvalue weighted by molar-refractivity contribution is -0.396. The Bertz CT molecular complexity index is 750. The monoisotopic (exact) mass is 321 g/mol. The third-order valence-electron chi connectivity index (χ3n) is 2.79. The van der Waals surface area contributed by atoms with Crippen LogP contribution in [0.1, 0.15) is 0 Å². The maximum Gasteiger partial charge on any atom is 0.290 e. The summed E-state index contributed by atoms with van der Waals surface area (Å²) in [6, 6.07) is 8.41. The van der Waals surface area contributed by atoms with E-state index in [0.29, 0.717) is 16.3 Å².